The normalized spacial score (nSPS) is 17.9. The Morgan fingerprint density at radius 3 is 2.60 bits per heavy atom. The van der Waals surface area contributed by atoms with E-state index in [0.29, 0.717) is 5.96 Å². The number of nitriles is 1. The van der Waals surface area contributed by atoms with Crippen molar-refractivity contribution in [3.63, 3.8) is 0 Å². The minimum atomic E-state index is -0.236. The number of hydrogen-bond acceptors (Lipinski definition) is 4. The van der Waals surface area contributed by atoms with Crippen LogP contribution in [0.4, 0.5) is 0 Å². The van der Waals surface area contributed by atoms with Gasteiger partial charge >= 0.3 is 0 Å². The molecule has 0 radical (unpaired) electrons. The number of nitrogens with zero attached hydrogens (tertiary/aromatic N) is 3. The average Bonchev–Trinajstić information content (AvgIpc) is 3.27. The fourth-order valence-corrected chi connectivity index (χ4v) is 5.50. The minimum absolute atomic E-state index is 0.177. The number of aryl methyl sites for hydroxylation is 1. The highest BCUT2D eigenvalue weighted by Gasteiger charge is 2.39. The van der Waals surface area contributed by atoms with Crippen LogP contribution in [0, 0.1) is 11.5 Å². The van der Waals surface area contributed by atoms with Gasteiger partial charge in [0.05, 0.1) is 11.6 Å². The summed E-state index contributed by atoms with van der Waals surface area (Å²) in [5.41, 5.74) is 3.88. The van der Waals surface area contributed by atoms with E-state index in [4.69, 9.17) is 0 Å². The molecule has 160 valence electrons. The van der Waals surface area contributed by atoms with E-state index in [0.717, 1.165) is 32.1 Å². The number of fused-ring (bicyclic) bond motifs is 1. The molecule has 2 unspecified atom stereocenters. The van der Waals surface area contributed by atoms with Crippen molar-refractivity contribution in [2.75, 3.05) is 14.1 Å². The zero-order valence-corrected chi connectivity index (χ0v) is 19.3. The van der Waals surface area contributed by atoms with Crippen molar-refractivity contribution in [2.24, 2.45) is 4.99 Å². The van der Waals surface area contributed by atoms with E-state index < -0.39 is 0 Å². The number of likely N-dealkylation sites (N-methyl/N-ethyl adjacent to an activating group) is 1. The Hall–Kier alpha value is -2.36. The van der Waals surface area contributed by atoms with E-state index in [1.54, 1.807) is 11.3 Å². The molecular weight excluding hydrogens is 390 g/mol. The third-order valence-corrected chi connectivity index (χ3v) is 7.08. The van der Waals surface area contributed by atoms with Gasteiger partial charge in [-0.05, 0) is 79.7 Å². The molecule has 1 heterocycles. The monoisotopic (exact) mass is 423 g/mol. The molecule has 2 N–H and O–H groups in total. The average molecular weight is 424 g/mol. The number of guanidine groups is 1. The molecule has 5 nitrogen and oxygen atoms in total. The summed E-state index contributed by atoms with van der Waals surface area (Å²) in [5, 5.41) is 21.0. The molecule has 1 aromatic heterocycles. The quantitative estimate of drug-likeness (QED) is 0.391. The number of aliphatic imine (C=N–C) groups is 1. The lowest BCUT2D eigenvalue weighted by molar-refractivity contribution is 0.147. The smallest absolute Gasteiger partial charge is 0.209 e. The molecule has 2 atom stereocenters. The van der Waals surface area contributed by atoms with Crippen molar-refractivity contribution in [1.82, 2.24) is 15.5 Å². The Morgan fingerprint density at radius 1 is 1.27 bits per heavy atom. The molecule has 0 saturated carbocycles. The van der Waals surface area contributed by atoms with Gasteiger partial charge in [0, 0.05) is 6.04 Å². The van der Waals surface area contributed by atoms with Crippen LogP contribution in [0.3, 0.4) is 0 Å². The summed E-state index contributed by atoms with van der Waals surface area (Å²) in [4.78, 5) is 6.43. The molecule has 0 amide bonds. The van der Waals surface area contributed by atoms with Crippen molar-refractivity contribution >= 4 is 17.3 Å². The Labute approximate surface area is 184 Å². The van der Waals surface area contributed by atoms with Crippen LogP contribution in [-0.4, -0.2) is 36.5 Å². The predicted molar refractivity (Wildman–Crippen MR) is 126 cm³/mol. The van der Waals surface area contributed by atoms with Crippen molar-refractivity contribution < 1.29 is 0 Å². The van der Waals surface area contributed by atoms with Crippen LogP contribution < -0.4 is 10.6 Å². The highest BCUT2D eigenvalue weighted by Crippen LogP contribution is 2.36. The van der Waals surface area contributed by atoms with E-state index in [1.165, 1.54) is 16.7 Å². The van der Waals surface area contributed by atoms with Crippen molar-refractivity contribution in [2.45, 2.75) is 63.6 Å². The molecular formula is C24H33N5S. The highest BCUT2D eigenvalue weighted by molar-refractivity contribution is 7.08. The summed E-state index contributed by atoms with van der Waals surface area (Å²) in [6, 6.07) is 11.3. The number of rotatable bonds is 7. The van der Waals surface area contributed by atoms with E-state index in [-0.39, 0.29) is 17.6 Å². The van der Waals surface area contributed by atoms with Crippen LogP contribution in [0.1, 0.15) is 55.8 Å². The molecule has 0 spiro atoms. The van der Waals surface area contributed by atoms with Crippen molar-refractivity contribution in [1.29, 1.82) is 5.26 Å². The summed E-state index contributed by atoms with van der Waals surface area (Å²) in [5.74, 6) is 0.590. The predicted octanol–water partition coefficient (Wildman–Crippen LogP) is 4.48. The van der Waals surface area contributed by atoms with Gasteiger partial charge in [0.15, 0.2) is 0 Å². The van der Waals surface area contributed by atoms with E-state index in [2.05, 4.69) is 89.6 Å². The summed E-state index contributed by atoms with van der Waals surface area (Å²) < 4.78 is 0. The molecule has 1 aromatic carbocycles. The van der Waals surface area contributed by atoms with E-state index in [9.17, 15) is 5.26 Å². The molecule has 6 heteroatoms. The molecule has 1 aliphatic carbocycles. The van der Waals surface area contributed by atoms with Gasteiger partial charge in [0.2, 0.25) is 12.2 Å². The summed E-state index contributed by atoms with van der Waals surface area (Å²) in [6.45, 7) is 4.42. The van der Waals surface area contributed by atoms with Crippen LogP contribution in [0.15, 0.2) is 46.1 Å². The largest absolute Gasteiger partial charge is 0.352 e. The third kappa shape index (κ3) is 4.85. The van der Waals surface area contributed by atoms with Crippen LogP contribution in [-0.2, 0) is 12.8 Å². The molecule has 0 fully saturated rings. The topological polar surface area (TPSA) is 63.5 Å². The molecule has 0 aliphatic heterocycles. The van der Waals surface area contributed by atoms with Crippen molar-refractivity contribution in [3.8, 4) is 6.19 Å². The highest BCUT2D eigenvalue weighted by atomic mass is 32.1. The van der Waals surface area contributed by atoms with Gasteiger partial charge in [-0.15, -0.1) is 4.99 Å². The molecule has 1 aliphatic rings. The van der Waals surface area contributed by atoms with Gasteiger partial charge in [-0.3, -0.25) is 0 Å². The zero-order chi connectivity index (χ0) is 21.6. The Morgan fingerprint density at radius 2 is 2.00 bits per heavy atom. The first kappa shape index (κ1) is 22.3. The maximum absolute atomic E-state index is 9.37. The fraction of sp³-hybridized carbons (Fsp3) is 0.500. The van der Waals surface area contributed by atoms with Gasteiger partial charge < -0.3 is 15.5 Å². The lowest BCUT2D eigenvalue weighted by Crippen LogP contribution is -2.59. The molecule has 0 bridgehead atoms. The SMILES string of the molecule is CCC(CC)(NC(=NC#N)NC1CCc2ccccc2C1)C(c1ccsc1)N(C)C. The number of thiophene rings is 1. The van der Waals surface area contributed by atoms with Gasteiger partial charge in [0.25, 0.3) is 0 Å². The van der Waals surface area contributed by atoms with Gasteiger partial charge in [0.1, 0.15) is 0 Å². The van der Waals surface area contributed by atoms with Crippen LogP contribution in [0.2, 0.25) is 0 Å². The maximum atomic E-state index is 9.37. The fourth-order valence-electron chi connectivity index (χ4n) is 4.82. The van der Waals surface area contributed by atoms with Gasteiger partial charge in [-0.2, -0.15) is 16.6 Å². The minimum Gasteiger partial charge on any atom is -0.352 e. The first-order valence-electron chi connectivity index (χ1n) is 10.8. The lowest BCUT2D eigenvalue weighted by atomic mass is 9.80. The number of benzene rings is 1. The van der Waals surface area contributed by atoms with Crippen LogP contribution in [0.25, 0.3) is 0 Å². The van der Waals surface area contributed by atoms with Gasteiger partial charge in [-0.1, -0.05) is 38.1 Å². The van der Waals surface area contributed by atoms with E-state index >= 15 is 0 Å². The molecule has 3 rings (SSSR count). The van der Waals surface area contributed by atoms with Crippen molar-refractivity contribution in [3.05, 3.63) is 57.8 Å². The molecule has 0 saturated heterocycles. The number of hydrogen-bond donors (Lipinski definition) is 2. The van der Waals surface area contributed by atoms with E-state index in [1.807, 2.05) is 6.19 Å². The maximum Gasteiger partial charge on any atom is 0.209 e. The Bertz CT molecular complexity index is 877. The second-order valence-corrected chi connectivity index (χ2v) is 9.10. The Balaban J connectivity index is 1.83. The second kappa shape index (κ2) is 10.1. The number of nitrogens with one attached hydrogen (secondary N) is 2. The molecule has 30 heavy (non-hydrogen) atoms. The third-order valence-electron chi connectivity index (χ3n) is 6.38. The summed E-state index contributed by atoms with van der Waals surface area (Å²) >= 11 is 1.72. The molecule has 2 aromatic rings. The van der Waals surface area contributed by atoms with Crippen LogP contribution >= 0.6 is 11.3 Å². The lowest BCUT2D eigenvalue weighted by Gasteiger charge is -2.44. The Kier molecular flexibility index (Phi) is 7.52. The summed E-state index contributed by atoms with van der Waals surface area (Å²) in [7, 11) is 4.24. The standard InChI is InChI=1S/C24H33N5S/c1-5-24(6-2,22(29(3)4)20-13-14-30-16-20)28-23(26-17-25)27-21-12-11-18-9-7-8-10-19(18)15-21/h7-10,13-14,16,21-22H,5-6,11-12,15H2,1-4H3,(H2,26,27,28). The van der Waals surface area contributed by atoms with Gasteiger partial charge in [-0.25, -0.2) is 0 Å². The first-order valence-corrected chi connectivity index (χ1v) is 11.7. The summed E-state index contributed by atoms with van der Waals surface area (Å²) in [6.07, 6.45) is 6.88. The second-order valence-electron chi connectivity index (χ2n) is 8.32. The van der Waals surface area contributed by atoms with Crippen LogP contribution in [0.5, 0.6) is 0 Å². The first-order chi connectivity index (χ1) is 14.5. The zero-order valence-electron chi connectivity index (χ0n) is 18.5.